The molecule has 0 heterocycles. The van der Waals surface area contributed by atoms with Crippen molar-refractivity contribution in [1.29, 1.82) is 0 Å². The molecule has 6 nitrogen and oxygen atoms in total. The maximum absolute atomic E-state index is 12.2. The van der Waals surface area contributed by atoms with E-state index in [0.29, 0.717) is 46.5 Å². The van der Waals surface area contributed by atoms with Gasteiger partial charge in [-0.3, -0.25) is 4.79 Å². The Kier molecular flexibility index (Phi) is 6.24. The van der Waals surface area contributed by atoms with Gasteiger partial charge in [-0.2, -0.15) is 0 Å². The number of carbonyl (C=O) groups excluding carboxylic acids is 2. The van der Waals surface area contributed by atoms with Gasteiger partial charge in [0, 0.05) is 23.0 Å². The van der Waals surface area contributed by atoms with Crippen LogP contribution >= 0.6 is 34.8 Å². The second-order valence-electron chi connectivity index (χ2n) is 8.14. The third kappa shape index (κ3) is 5.20. The van der Waals surface area contributed by atoms with Crippen LogP contribution in [0.15, 0.2) is 42.5 Å². The van der Waals surface area contributed by atoms with Crippen LogP contribution in [0.25, 0.3) is 0 Å². The highest BCUT2D eigenvalue weighted by atomic mass is 35.5. The molecule has 31 heavy (non-hydrogen) atoms. The Hall–Kier alpha value is -2.15. The molecule has 2 amide bonds. The maximum Gasteiger partial charge on any atom is 0.407 e. The first kappa shape index (κ1) is 22.1. The van der Waals surface area contributed by atoms with Gasteiger partial charge in [-0.1, -0.05) is 46.9 Å². The average molecular weight is 484 g/mol. The van der Waals surface area contributed by atoms with Crippen LogP contribution in [0.3, 0.4) is 0 Å². The molecule has 2 aromatic rings. The fraction of sp³-hybridized carbons (Fsp3) is 0.364. The molecule has 0 radical (unpaired) electrons. The van der Waals surface area contributed by atoms with Crippen LogP contribution in [-0.2, 0) is 16.0 Å². The fourth-order valence-corrected chi connectivity index (χ4v) is 4.81. The van der Waals surface area contributed by atoms with Gasteiger partial charge in [0.15, 0.2) is 6.61 Å². The summed E-state index contributed by atoms with van der Waals surface area (Å²) in [5.74, 6) is 0.254. The van der Waals surface area contributed by atoms with Gasteiger partial charge in [-0.05, 0) is 49.1 Å². The number of hydrogen-bond acceptors (Lipinski definition) is 4. The lowest BCUT2D eigenvalue weighted by Crippen LogP contribution is -2.84. The molecule has 0 atom stereocenters. The monoisotopic (exact) mass is 482 g/mol. The third-order valence-electron chi connectivity index (χ3n) is 5.58. The molecule has 0 spiro atoms. The molecule has 0 aliphatic heterocycles. The lowest BCUT2D eigenvalue weighted by Gasteiger charge is -2.70. The van der Waals surface area contributed by atoms with E-state index in [1.165, 1.54) is 0 Å². The number of hydrogen-bond donors (Lipinski definition) is 2. The van der Waals surface area contributed by atoms with Crippen LogP contribution in [0.5, 0.6) is 5.75 Å². The quantitative estimate of drug-likeness (QED) is 0.566. The number of rotatable bonds is 8. The molecule has 5 rings (SSSR count). The molecule has 3 aliphatic rings. The molecule has 9 heteroatoms. The lowest BCUT2D eigenvalue weighted by molar-refractivity contribution is -0.141. The van der Waals surface area contributed by atoms with Crippen molar-refractivity contribution in [3.8, 4) is 5.75 Å². The van der Waals surface area contributed by atoms with Gasteiger partial charge in [-0.15, -0.1) is 0 Å². The van der Waals surface area contributed by atoms with Gasteiger partial charge in [0.05, 0.1) is 22.2 Å². The number of ether oxygens (including phenoxy) is 2. The van der Waals surface area contributed by atoms with Crippen molar-refractivity contribution < 1.29 is 19.1 Å². The number of halogens is 3. The lowest BCUT2D eigenvalue weighted by atomic mass is 9.44. The van der Waals surface area contributed by atoms with E-state index in [0.717, 1.165) is 5.56 Å². The Morgan fingerprint density at radius 3 is 2.39 bits per heavy atom. The molecule has 0 aromatic heterocycles. The molecule has 2 bridgehead atoms. The summed E-state index contributed by atoms with van der Waals surface area (Å²) < 4.78 is 10.7. The van der Waals surface area contributed by atoms with Gasteiger partial charge in [0.25, 0.3) is 5.91 Å². The van der Waals surface area contributed by atoms with E-state index in [2.05, 4.69) is 10.6 Å². The first-order valence-corrected chi connectivity index (χ1v) is 11.0. The zero-order chi connectivity index (χ0) is 22.1. The minimum absolute atomic E-state index is 0.119. The number of nitrogens with one attached hydrogen (secondary N) is 2. The highest BCUT2D eigenvalue weighted by molar-refractivity contribution is 6.42. The highest BCUT2D eigenvalue weighted by Crippen LogP contribution is 2.60. The summed E-state index contributed by atoms with van der Waals surface area (Å²) in [5.41, 5.74) is 0.451. The first-order chi connectivity index (χ1) is 14.8. The third-order valence-corrected chi connectivity index (χ3v) is 6.55. The zero-order valence-corrected chi connectivity index (χ0v) is 18.8. The van der Waals surface area contributed by atoms with Gasteiger partial charge >= 0.3 is 6.09 Å². The summed E-state index contributed by atoms with van der Waals surface area (Å²) >= 11 is 17.7. The predicted molar refractivity (Wildman–Crippen MR) is 119 cm³/mol. The van der Waals surface area contributed by atoms with Crippen molar-refractivity contribution in [3.63, 3.8) is 0 Å². The molecule has 0 unspecified atom stereocenters. The van der Waals surface area contributed by atoms with Crippen LogP contribution in [0, 0.1) is 0 Å². The summed E-state index contributed by atoms with van der Waals surface area (Å²) in [7, 11) is 0. The number of alkyl carbamates (subject to hydrolysis) is 1. The minimum atomic E-state index is -0.440. The second kappa shape index (κ2) is 8.77. The Labute approximate surface area is 195 Å². The number of amides is 2. The molecule has 3 aliphatic carbocycles. The van der Waals surface area contributed by atoms with Crippen LogP contribution in [0.2, 0.25) is 15.1 Å². The van der Waals surface area contributed by atoms with Crippen molar-refractivity contribution >= 4 is 46.8 Å². The molecular weight excluding hydrogens is 463 g/mol. The van der Waals surface area contributed by atoms with E-state index in [-0.39, 0.29) is 30.2 Å². The molecule has 3 fully saturated rings. The highest BCUT2D eigenvalue weighted by Gasteiger charge is 2.69. The van der Waals surface area contributed by atoms with Crippen LogP contribution in [0.4, 0.5) is 4.79 Å². The maximum atomic E-state index is 12.2. The van der Waals surface area contributed by atoms with Gasteiger partial charge < -0.3 is 20.1 Å². The Balaban J connectivity index is 1.14. The van der Waals surface area contributed by atoms with E-state index in [4.69, 9.17) is 44.3 Å². The van der Waals surface area contributed by atoms with Crippen LogP contribution in [-0.4, -0.2) is 36.3 Å². The second-order valence-corrected chi connectivity index (χ2v) is 9.40. The number of benzene rings is 2. The molecule has 0 saturated heterocycles. The molecule has 2 aromatic carbocycles. The van der Waals surface area contributed by atoms with E-state index >= 15 is 0 Å². The SMILES string of the molecule is O=C(COc1ccc(Cl)c(Cl)c1)NC12CC(NC(=O)OCCc3cccc(Cl)c3)(C1)C2. The molecule has 164 valence electrons. The summed E-state index contributed by atoms with van der Waals surface area (Å²) in [6, 6.07) is 12.3. The number of carbonyl (C=O) groups is 2. The van der Waals surface area contributed by atoms with Crippen LogP contribution in [0.1, 0.15) is 24.8 Å². The Morgan fingerprint density at radius 2 is 1.68 bits per heavy atom. The minimum Gasteiger partial charge on any atom is -0.484 e. The Morgan fingerprint density at radius 1 is 0.935 bits per heavy atom. The topological polar surface area (TPSA) is 76.7 Å². The molecule has 3 saturated carbocycles. The van der Waals surface area contributed by atoms with Crippen molar-refractivity contribution in [1.82, 2.24) is 10.6 Å². The van der Waals surface area contributed by atoms with Crippen molar-refractivity contribution in [2.45, 2.75) is 36.8 Å². The smallest absolute Gasteiger partial charge is 0.407 e. The molecule has 2 N–H and O–H groups in total. The molecular formula is C22H21Cl3N2O4. The summed E-state index contributed by atoms with van der Waals surface area (Å²) in [5, 5.41) is 7.37. The summed E-state index contributed by atoms with van der Waals surface area (Å²) in [6.45, 7) is 0.155. The zero-order valence-electron chi connectivity index (χ0n) is 16.6. The summed E-state index contributed by atoms with van der Waals surface area (Å²) in [6.07, 6.45) is 2.20. The van der Waals surface area contributed by atoms with Gasteiger partial charge in [-0.25, -0.2) is 4.79 Å². The largest absolute Gasteiger partial charge is 0.484 e. The van der Waals surface area contributed by atoms with E-state index in [9.17, 15) is 9.59 Å². The standard InChI is InChI=1S/C22H21Cl3N2O4/c23-15-3-1-2-14(8-15)6-7-30-20(29)27-22-11-21(12-22,13-22)26-19(28)10-31-16-4-5-17(24)18(25)9-16/h1-5,8-9H,6-7,10-13H2,(H,26,28)(H,27,29). The van der Waals surface area contributed by atoms with E-state index < -0.39 is 6.09 Å². The Bertz CT molecular complexity index is 994. The van der Waals surface area contributed by atoms with Gasteiger partial charge in [0.2, 0.25) is 0 Å². The average Bonchev–Trinajstić information content (AvgIpc) is 2.66. The van der Waals surface area contributed by atoms with Crippen molar-refractivity contribution in [2.24, 2.45) is 0 Å². The van der Waals surface area contributed by atoms with E-state index in [1.54, 1.807) is 24.3 Å². The normalized spacial score (nSPS) is 23.2. The van der Waals surface area contributed by atoms with Crippen molar-refractivity contribution in [3.05, 3.63) is 63.1 Å². The van der Waals surface area contributed by atoms with Crippen LogP contribution < -0.4 is 15.4 Å². The summed E-state index contributed by atoms with van der Waals surface area (Å²) in [4.78, 5) is 24.3. The fourth-order valence-electron chi connectivity index (χ4n) is 4.31. The van der Waals surface area contributed by atoms with Gasteiger partial charge in [0.1, 0.15) is 5.75 Å². The predicted octanol–water partition coefficient (Wildman–Crippen LogP) is 4.79. The van der Waals surface area contributed by atoms with Crippen molar-refractivity contribution in [2.75, 3.05) is 13.2 Å². The first-order valence-electron chi connectivity index (χ1n) is 9.85. The van der Waals surface area contributed by atoms with E-state index in [1.807, 2.05) is 18.2 Å².